The van der Waals surface area contributed by atoms with Crippen LogP contribution in [0.3, 0.4) is 0 Å². The van der Waals surface area contributed by atoms with E-state index in [9.17, 15) is 4.79 Å². The van der Waals surface area contributed by atoms with Gasteiger partial charge in [-0.15, -0.1) is 0 Å². The van der Waals surface area contributed by atoms with Gasteiger partial charge in [0.15, 0.2) is 0 Å². The van der Waals surface area contributed by atoms with E-state index in [1.54, 1.807) is 6.07 Å². The SMILES string of the molecule is COC(=O)c1ccc2c(c1)[nH]c1nc(Cc3ccccc3)nc(NCCCC(C)(C)C)c12. The highest BCUT2D eigenvalue weighted by Gasteiger charge is 2.16. The molecule has 0 aliphatic carbocycles. The summed E-state index contributed by atoms with van der Waals surface area (Å²) in [5.74, 6) is 1.22. The van der Waals surface area contributed by atoms with Gasteiger partial charge in [0, 0.05) is 23.9 Å². The fraction of sp³-hybridized carbons (Fsp3) is 0.346. The Morgan fingerprint density at radius 1 is 1.09 bits per heavy atom. The number of rotatable bonds is 7. The van der Waals surface area contributed by atoms with Crippen LogP contribution in [0.2, 0.25) is 0 Å². The van der Waals surface area contributed by atoms with Crippen molar-refractivity contribution in [1.29, 1.82) is 0 Å². The molecule has 4 rings (SSSR count). The van der Waals surface area contributed by atoms with Crippen LogP contribution < -0.4 is 5.32 Å². The Labute approximate surface area is 188 Å². The molecular weight excluding hydrogens is 400 g/mol. The number of carbonyl (C=O) groups is 1. The normalized spacial score (nSPS) is 11.8. The highest BCUT2D eigenvalue weighted by atomic mass is 16.5. The van der Waals surface area contributed by atoms with E-state index in [1.807, 2.05) is 30.3 Å². The van der Waals surface area contributed by atoms with E-state index in [1.165, 1.54) is 7.11 Å². The van der Waals surface area contributed by atoms with Crippen LogP contribution >= 0.6 is 0 Å². The molecule has 2 aromatic carbocycles. The van der Waals surface area contributed by atoms with Crippen molar-refractivity contribution in [2.45, 2.75) is 40.0 Å². The summed E-state index contributed by atoms with van der Waals surface area (Å²) >= 11 is 0. The van der Waals surface area contributed by atoms with Crippen LogP contribution in [0.25, 0.3) is 21.9 Å². The lowest BCUT2D eigenvalue weighted by Crippen LogP contribution is -2.11. The van der Waals surface area contributed by atoms with E-state index < -0.39 is 0 Å². The van der Waals surface area contributed by atoms with Crippen molar-refractivity contribution in [3.8, 4) is 0 Å². The molecule has 0 bridgehead atoms. The smallest absolute Gasteiger partial charge is 0.337 e. The van der Waals surface area contributed by atoms with Crippen LogP contribution in [-0.4, -0.2) is 34.6 Å². The van der Waals surface area contributed by atoms with Gasteiger partial charge in [0.1, 0.15) is 17.3 Å². The molecule has 166 valence electrons. The van der Waals surface area contributed by atoms with Gasteiger partial charge < -0.3 is 15.0 Å². The van der Waals surface area contributed by atoms with Crippen molar-refractivity contribution in [3.63, 3.8) is 0 Å². The number of nitrogens with zero attached hydrogens (tertiary/aromatic N) is 2. The van der Waals surface area contributed by atoms with Gasteiger partial charge in [0.05, 0.1) is 18.1 Å². The number of fused-ring (bicyclic) bond motifs is 3. The zero-order chi connectivity index (χ0) is 22.7. The lowest BCUT2D eigenvalue weighted by Gasteiger charge is -2.18. The van der Waals surface area contributed by atoms with Crippen molar-refractivity contribution >= 4 is 33.7 Å². The van der Waals surface area contributed by atoms with E-state index in [0.717, 1.165) is 58.5 Å². The van der Waals surface area contributed by atoms with E-state index in [0.29, 0.717) is 17.4 Å². The Bertz CT molecular complexity index is 1240. The molecule has 0 saturated heterocycles. The third kappa shape index (κ3) is 4.90. The fourth-order valence-electron chi connectivity index (χ4n) is 3.90. The molecule has 2 heterocycles. The number of anilines is 1. The first-order valence-electron chi connectivity index (χ1n) is 11.0. The molecule has 2 N–H and O–H groups in total. The number of methoxy groups -OCH3 is 1. The lowest BCUT2D eigenvalue weighted by molar-refractivity contribution is 0.0601. The van der Waals surface area contributed by atoms with Crippen molar-refractivity contribution in [2.75, 3.05) is 19.0 Å². The highest BCUT2D eigenvalue weighted by Crippen LogP contribution is 2.31. The number of nitrogens with one attached hydrogen (secondary N) is 2. The number of hydrogen-bond acceptors (Lipinski definition) is 5. The highest BCUT2D eigenvalue weighted by molar-refractivity contribution is 6.12. The average Bonchev–Trinajstić information content (AvgIpc) is 3.13. The molecule has 0 spiro atoms. The Balaban J connectivity index is 1.74. The minimum Gasteiger partial charge on any atom is -0.465 e. The number of aromatic nitrogens is 3. The first-order valence-corrected chi connectivity index (χ1v) is 11.0. The summed E-state index contributed by atoms with van der Waals surface area (Å²) in [7, 11) is 1.39. The molecule has 0 amide bonds. The van der Waals surface area contributed by atoms with Crippen LogP contribution in [0.5, 0.6) is 0 Å². The Morgan fingerprint density at radius 2 is 1.88 bits per heavy atom. The number of hydrogen-bond donors (Lipinski definition) is 2. The predicted molar refractivity (Wildman–Crippen MR) is 129 cm³/mol. The Morgan fingerprint density at radius 3 is 2.59 bits per heavy atom. The van der Waals surface area contributed by atoms with Crippen LogP contribution in [-0.2, 0) is 11.2 Å². The van der Waals surface area contributed by atoms with Crippen molar-refractivity contribution in [1.82, 2.24) is 15.0 Å². The molecular formula is C26H30N4O2. The minimum atomic E-state index is -0.359. The second-order valence-corrected chi connectivity index (χ2v) is 9.34. The van der Waals surface area contributed by atoms with E-state index in [-0.39, 0.29) is 5.97 Å². The number of aromatic amines is 1. The molecule has 2 aromatic heterocycles. The molecule has 32 heavy (non-hydrogen) atoms. The number of carbonyl (C=O) groups excluding carboxylic acids is 1. The summed E-state index contributed by atoms with van der Waals surface area (Å²) in [6.45, 7) is 7.60. The van der Waals surface area contributed by atoms with Crippen LogP contribution in [0.4, 0.5) is 5.82 Å². The van der Waals surface area contributed by atoms with Gasteiger partial charge in [-0.25, -0.2) is 14.8 Å². The predicted octanol–water partition coefficient (Wildman–Crippen LogP) is 5.73. The molecule has 0 unspecified atom stereocenters. The second-order valence-electron chi connectivity index (χ2n) is 9.34. The third-order valence-corrected chi connectivity index (χ3v) is 5.52. The van der Waals surface area contributed by atoms with E-state index in [2.05, 4.69) is 43.2 Å². The van der Waals surface area contributed by atoms with Gasteiger partial charge in [-0.05, 0) is 36.0 Å². The van der Waals surface area contributed by atoms with Gasteiger partial charge in [-0.3, -0.25) is 0 Å². The zero-order valence-electron chi connectivity index (χ0n) is 19.2. The summed E-state index contributed by atoms with van der Waals surface area (Å²) in [5, 5.41) is 5.48. The van der Waals surface area contributed by atoms with Crippen molar-refractivity contribution in [3.05, 3.63) is 65.5 Å². The molecule has 0 atom stereocenters. The monoisotopic (exact) mass is 430 g/mol. The van der Waals surface area contributed by atoms with Crippen LogP contribution in [0, 0.1) is 5.41 Å². The van der Waals surface area contributed by atoms with Gasteiger partial charge in [0.25, 0.3) is 0 Å². The van der Waals surface area contributed by atoms with Gasteiger partial charge in [-0.2, -0.15) is 0 Å². The maximum absolute atomic E-state index is 12.0. The lowest BCUT2D eigenvalue weighted by atomic mass is 9.91. The van der Waals surface area contributed by atoms with Gasteiger partial charge >= 0.3 is 5.97 Å². The van der Waals surface area contributed by atoms with Crippen LogP contribution in [0.15, 0.2) is 48.5 Å². The molecule has 0 aliphatic heterocycles. The zero-order valence-corrected chi connectivity index (χ0v) is 19.2. The van der Waals surface area contributed by atoms with Crippen molar-refractivity contribution < 1.29 is 9.53 Å². The summed E-state index contributed by atoms with van der Waals surface area (Å²) in [5.41, 5.74) is 3.57. The van der Waals surface area contributed by atoms with E-state index in [4.69, 9.17) is 14.7 Å². The second kappa shape index (κ2) is 8.99. The molecule has 6 heteroatoms. The number of benzene rings is 2. The maximum Gasteiger partial charge on any atom is 0.337 e. The molecule has 0 aliphatic rings. The summed E-state index contributed by atoms with van der Waals surface area (Å²) < 4.78 is 4.87. The number of esters is 1. The average molecular weight is 431 g/mol. The first kappa shape index (κ1) is 21.8. The van der Waals surface area contributed by atoms with Gasteiger partial charge in [0.2, 0.25) is 0 Å². The topological polar surface area (TPSA) is 79.9 Å². The maximum atomic E-state index is 12.0. The Kier molecular flexibility index (Phi) is 6.12. The summed E-state index contributed by atoms with van der Waals surface area (Å²) in [6, 6.07) is 15.7. The van der Waals surface area contributed by atoms with Gasteiger partial charge in [-0.1, -0.05) is 57.2 Å². The van der Waals surface area contributed by atoms with Crippen LogP contribution in [0.1, 0.15) is 55.4 Å². The molecule has 0 saturated carbocycles. The Hall–Kier alpha value is -3.41. The third-order valence-electron chi connectivity index (χ3n) is 5.52. The molecule has 4 aromatic rings. The standard InChI is InChI=1S/C26H30N4O2/c1-26(2,3)13-8-14-27-23-22-19-12-11-18(25(31)32-4)16-20(19)28-24(22)30-21(29-23)15-17-9-6-5-7-10-17/h5-7,9-12,16H,8,13-15H2,1-4H3,(H2,27,28,29,30). The van der Waals surface area contributed by atoms with E-state index >= 15 is 0 Å². The molecule has 6 nitrogen and oxygen atoms in total. The summed E-state index contributed by atoms with van der Waals surface area (Å²) in [4.78, 5) is 25.1. The fourth-order valence-corrected chi connectivity index (χ4v) is 3.90. The van der Waals surface area contributed by atoms with Crippen molar-refractivity contribution in [2.24, 2.45) is 5.41 Å². The number of ether oxygens (including phenoxy) is 1. The molecule has 0 radical (unpaired) electrons. The quantitative estimate of drug-likeness (QED) is 0.289. The summed E-state index contributed by atoms with van der Waals surface area (Å²) in [6.07, 6.45) is 2.83. The minimum absolute atomic E-state index is 0.298. The largest absolute Gasteiger partial charge is 0.465 e. The first-order chi connectivity index (χ1) is 15.3. The number of H-pyrrole nitrogens is 1. The molecule has 0 fully saturated rings.